The van der Waals surface area contributed by atoms with Gasteiger partial charge in [0.2, 0.25) is 0 Å². The smallest absolute Gasteiger partial charge is 0.166 e. The van der Waals surface area contributed by atoms with Crippen molar-refractivity contribution >= 4 is 50.6 Å². The fraction of sp³-hybridized carbons (Fsp3) is 0.278. The summed E-state index contributed by atoms with van der Waals surface area (Å²) in [5.74, 6) is 0.453. The van der Waals surface area contributed by atoms with Crippen molar-refractivity contribution in [3.8, 4) is 0 Å². The number of rotatable bonds is 4. The van der Waals surface area contributed by atoms with Crippen LogP contribution in [0.15, 0.2) is 40.6 Å². The summed E-state index contributed by atoms with van der Waals surface area (Å²) in [6, 6.07) is 5.44. The molecule has 0 spiro atoms. The van der Waals surface area contributed by atoms with Crippen LogP contribution in [0.25, 0.3) is 16.6 Å². The molecule has 0 amide bonds. The number of pyridine rings is 2. The predicted octanol–water partition coefficient (Wildman–Crippen LogP) is 2.47. The van der Waals surface area contributed by atoms with Gasteiger partial charge in [-0.25, -0.2) is 9.98 Å². The number of amidine groups is 1. The monoisotopic (exact) mass is 383 g/mol. The zero-order chi connectivity index (χ0) is 19.2. The molecule has 140 valence electrons. The summed E-state index contributed by atoms with van der Waals surface area (Å²) in [5.41, 5.74) is 14.6. The minimum absolute atomic E-state index is 0.179. The van der Waals surface area contributed by atoms with E-state index in [1.807, 2.05) is 12.1 Å². The van der Waals surface area contributed by atoms with E-state index < -0.39 is 0 Å². The number of aromatic nitrogens is 2. The molecule has 1 fully saturated rings. The van der Waals surface area contributed by atoms with Crippen molar-refractivity contribution in [3.63, 3.8) is 0 Å². The number of nitrogens with two attached hydrogens (primary N) is 2. The van der Waals surface area contributed by atoms with Crippen molar-refractivity contribution < 1.29 is 4.74 Å². The molecule has 3 heterocycles. The lowest BCUT2D eigenvalue weighted by molar-refractivity contribution is 0.160. The Bertz CT molecular complexity index is 932. The Morgan fingerprint density at radius 1 is 1.41 bits per heavy atom. The van der Waals surface area contributed by atoms with Crippen molar-refractivity contribution in [3.05, 3.63) is 36.2 Å². The second-order valence-corrected chi connectivity index (χ2v) is 6.92. The third-order valence-electron chi connectivity index (χ3n) is 3.97. The highest BCUT2D eigenvalue weighted by Crippen LogP contribution is 2.22. The number of hydrogen-bond donors (Lipinski definition) is 3. The van der Waals surface area contributed by atoms with Crippen LogP contribution in [0.1, 0.15) is 18.4 Å². The van der Waals surface area contributed by atoms with Gasteiger partial charge in [0.25, 0.3) is 0 Å². The van der Waals surface area contributed by atoms with Gasteiger partial charge in [-0.2, -0.15) is 0 Å². The van der Waals surface area contributed by atoms with Crippen molar-refractivity contribution in [1.29, 1.82) is 5.41 Å². The van der Waals surface area contributed by atoms with E-state index in [4.69, 9.17) is 21.6 Å². The Morgan fingerprint density at radius 3 is 2.96 bits per heavy atom. The van der Waals surface area contributed by atoms with E-state index in [-0.39, 0.29) is 11.3 Å². The van der Waals surface area contributed by atoms with Gasteiger partial charge in [-0.3, -0.25) is 15.4 Å². The molecule has 0 saturated carbocycles. The zero-order valence-electron chi connectivity index (χ0n) is 14.9. The minimum Gasteiger partial charge on any atom is -0.404 e. The quantitative estimate of drug-likeness (QED) is 0.548. The second-order valence-electron chi connectivity index (χ2n) is 5.86. The summed E-state index contributed by atoms with van der Waals surface area (Å²) in [6.07, 6.45) is 6.50. The van der Waals surface area contributed by atoms with E-state index in [1.165, 1.54) is 6.20 Å². The second kappa shape index (κ2) is 8.74. The average molecular weight is 383 g/mol. The fourth-order valence-electron chi connectivity index (χ4n) is 2.67. The van der Waals surface area contributed by atoms with Gasteiger partial charge in [0.1, 0.15) is 11.1 Å². The van der Waals surface area contributed by atoms with E-state index in [2.05, 4.69) is 20.0 Å². The molecule has 0 aromatic carbocycles. The number of ether oxygens (including phenoxy) is 1. The predicted molar refractivity (Wildman–Crippen MR) is 112 cm³/mol. The Kier molecular flexibility index (Phi) is 6.15. The van der Waals surface area contributed by atoms with E-state index in [0.717, 1.165) is 41.3 Å². The van der Waals surface area contributed by atoms with Gasteiger partial charge >= 0.3 is 0 Å². The standard InChI is InChI=1S/C18H21N7OS/c1-22-9-12(8-19)11-7-14-13(23-10-11)4-5-16(24-14)25-18(21)27-17(20)15-3-2-6-26-15/h4-5,7-10,15,20H,2-3,6,19H2,1H3,(H2,21,24,25)/t15-/m1/s1. The van der Waals surface area contributed by atoms with Crippen LogP contribution in [0, 0.1) is 5.41 Å². The van der Waals surface area contributed by atoms with E-state index >= 15 is 0 Å². The lowest BCUT2D eigenvalue weighted by Gasteiger charge is -2.09. The first kappa shape index (κ1) is 19.0. The number of fused-ring (bicyclic) bond motifs is 1. The zero-order valence-corrected chi connectivity index (χ0v) is 15.7. The third kappa shape index (κ3) is 4.69. The van der Waals surface area contributed by atoms with Crippen LogP contribution >= 0.6 is 11.8 Å². The van der Waals surface area contributed by atoms with Crippen LogP contribution in [0.4, 0.5) is 5.82 Å². The van der Waals surface area contributed by atoms with Crippen LogP contribution in [-0.2, 0) is 4.74 Å². The summed E-state index contributed by atoms with van der Waals surface area (Å²) < 4.78 is 5.48. The van der Waals surface area contributed by atoms with Gasteiger partial charge in [0.05, 0.1) is 11.0 Å². The largest absolute Gasteiger partial charge is 0.404 e. The lowest BCUT2D eigenvalue weighted by atomic mass is 10.1. The first-order valence-electron chi connectivity index (χ1n) is 8.44. The number of allylic oxidation sites excluding steroid dienone is 1. The van der Waals surface area contributed by atoms with Crippen molar-refractivity contribution in [2.24, 2.45) is 21.5 Å². The van der Waals surface area contributed by atoms with Gasteiger partial charge in [0, 0.05) is 43.4 Å². The first-order chi connectivity index (χ1) is 13.1. The number of hydrogen-bond acceptors (Lipinski definition) is 8. The Labute approximate surface area is 161 Å². The van der Waals surface area contributed by atoms with Crippen LogP contribution < -0.4 is 11.5 Å². The molecule has 1 aliphatic rings. The number of thioether (sulfide) groups is 1. The molecule has 27 heavy (non-hydrogen) atoms. The van der Waals surface area contributed by atoms with Crippen LogP contribution in [-0.4, -0.2) is 46.2 Å². The summed E-state index contributed by atoms with van der Waals surface area (Å²) in [4.78, 5) is 17.2. The molecule has 1 atom stereocenters. The van der Waals surface area contributed by atoms with Crippen molar-refractivity contribution in [2.75, 3.05) is 13.7 Å². The number of nitrogens with zero attached hydrogens (tertiary/aromatic N) is 4. The first-order valence-corrected chi connectivity index (χ1v) is 9.25. The Balaban J connectivity index is 1.83. The molecule has 3 rings (SSSR count). The summed E-state index contributed by atoms with van der Waals surface area (Å²) in [6.45, 7) is 0.689. The molecule has 8 nitrogen and oxygen atoms in total. The highest BCUT2D eigenvalue weighted by molar-refractivity contribution is 8.26. The number of nitrogens with one attached hydrogen (secondary N) is 1. The molecule has 0 unspecified atom stereocenters. The molecule has 1 saturated heterocycles. The van der Waals surface area contributed by atoms with Crippen LogP contribution in [0.2, 0.25) is 0 Å². The number of aliphatic imine (C=N–C) groups is 2. The topological polar surface area (TPSA) is 136 Å². The maximum Gasteiger partial charge on any atom is 0.166 e. The van der Waals surface area contributed by atoms with Gasteiger partial charge < -0.3 is 16.2 Å². The Hall–Kier alpha value is -2.78. The summed E-state index contributed by atoms with van der Waals surface area (Å²) >= 11 is 1.10. The van der Waals surface area contributed by atoms with Gasteiger partial charge in [-0.15, -0.1) is 0 Å². The molecular formula is C18H21N7OS. The maximum absolute atomic E-state index is 8.07. The van der Waals surface area contributed by atoms with Crippen molar-refractivity contribution in [2.45, 2.75) is 18.9 Å². The highest BCUT2D eigenvalue weighted by Gasteiger charge is 2.21. The molecule has 2 aromatic rings. The molecule has 5 N–H and O–H groups in total. The minimum atomic E-state index is -0.179. The molecular weight excluding hydrogens is 362 g/mol. The highest BCUT2D eigenvalue weighted by atomic mass is 32.2. The molecule has 2 aromatic heterocycles. The van der Waals surface area contributed by atoms with E-state index in [1.54, 1.807) is 25.5 Å². The van der Waals surface area contributed by atoms with Gasteiger partial charge in [-0.05, 0) is 42.8 Å². The summed E-state index contributed by atoms with van der Waals surface area (Å²) in [7, 11) is 1.68. The van der Waals surface area contributed by atoms with Crippen molar-refractivity contribution in [1.82, 2.24) is 9.97 Å². The van der Waals surface area contributed by atoms with Crippen LogP contribution in [0.3, 0.4) is 0 Å². The molecule has 9 heteroatoms. The average Bonchev–Trinajstić information content (AvgIpc) is 3.20. The van der Waals surface area contributed by atoms with Crippen LogP contribution in [0.5, 0.6) is 0 Å². The SMILES string of the molecule is CN=CC(=CN)c1cnc2ccc(N=C(N)SC(=N)[C@H]3CCCO3)nc2c1. The van der Waals surface area contributed by atoms with E-state index in [0.29, 0.717) is 23.0 Å². The third-order valence-corrected chi connectivity index (χ3v) is 4.75. The molecule has 0 aliphatic carbocycles. The van der Waals surface area contributed by atoms with Gasteiger partial charge in [-0.1, -0.05) is 0 Å². The Morgan fingerprint density at radius 2 is 2.26 bits per heavy atom. The molecule has 0 radical (unpaired) electrons. The lowest BCUT2D eigenvalue weighted by Crippen LogP contribution is -2.19. The molecule has 0 bridgehead atoms. The molecule has 1 aliphatic heterocycles. The fourth-order valence-corrected chi connectivity index (χ4v) is 3.35. The normalized spacial score (nSPS) is 18.5. The maximum atomic E-state index is 8.07. The summed E-state index contributed by atoms with van der Waals surface area (Å²) in [5, 5.41) is 8.69. The van der Waals surface area contributed by atoms with E-state index in [9.17, 15) is 0 Å². The van der Waals surface area contributed by atoms with Gasteiger partial charge in [0.15, 0.2) is 11.0 Å².